The molecule has 1 aliphatic heterocycles. The van der Waals surface area contributed by atoms with Crippen LogP contribution in [0.5, 0.6) is 11.5 Å². The summed E-state index contributed by atoms with van der Waals surface area (Å²) >= 11 is 6.33. The molecule has 0 saturated carbocycles. The van der Waals surface area contributed by atoms with Gasteiger partial charge in [-0.05, 0) is 49.7 Å². The summed E-state index contributed by atoms with van der Waals surface area (Å²) in [6, 6.07) is 18.3. The Morgan fingerprint density at radius 2 is 1.82 bits per heavy atom. The predicted octanol–water partition coefficient (Wildman–Crippen LogP) is 5.68. The van der Waals surface area contributed by atoms with Crippen molar-refractivity contribution < 1.29 is 24.2 Å². The minimum absolute atomic E-state index is 0.00353. The van der Waals surface area contributed by atoms with Crippen LogP contribution in [-0.2, 0) is 9.59 Å². The number of amides is 1. The van der Waals surface area contributed by atoms with Crippen molar-refractivity contribution in [1.29, 1.82) is 0 Å². The number of benzene rings is 3. The Bertz CT molecular complexity index is 1300. The minimum atomic E-state index is -0.847. The van der Waals surface area contributed by atoms with Gasteiger partial charge in [-0.15, -0.1) is 0 Å². The summed E-state index contributed by atoms with van der Waals surface area (Å²) in [7, 11) is 1.50. The van der Waals surface area contributed by atoms with Crippen molar-refractivity contribution in [2.24, 2.45) is 0 Å². The summed E-state index contributed by atoms with van der Waals surface area (Å²) < 4.78 is 10.8. The second-order valence-electron chi connectivity index (χ2n) is 7.86. The highest BCUT2D eigenvalue weighted by molar-refractivity contribution is 6.51. The molecule has 1 aliphatic rings. The van der Waals surface area contributed by atoms with Gasteiger partial charge in [0.2, 0.25) is 0 Å². The number of aliphatic hydroxyl groups excluding tert-OH is 1. The number of aryl methyl sites for hydroxylation is 1. The molecule has 174 valence electrons. The molecular formula is C27H24ClNO5. The molecule has 6 nitrogen and oxygen atoms in total. The first-order chi connectivity index (χ1) is 16.3. The van der Waals surface area contributed by atoms with Gasteiger partial charge in [-0.2, -0.15) is 0 Å². The summed E-state index contributed by atoms with van der Waals surface area (Å²) in [4.78, 5) is 27.9. The topological polar surface area (TPSA) is 76.1 Å². The van der Waals surface area contributed by atoms with E-state index in [1.54, 1.807) is 42.5 Å². The number of methoxy groups -OCH3 is 1. The van der Waals surface area contributed by atoms with Crippen molar-refractivity contribution in [2.75, 3.05) is 18.6 Å². The molecule has 1 fully saturated rings. The third-order valence-electron chi connectivity index (χ3n) is 5.63. The van der Waals surface area contributed by atoms with Gasteiger partial charge in [0, 0.05) is 11.3 Å². The van der Waals surface area contributed by atoms with Gasteiger partial charge in [-0.1, -0.05) is 53.6 Å². The SMILES string of the molecule is CCOc1cccc(/C(O)=C2\C(=O)C(=O)N(c3ccc(OC)c(Cl)c3)C2c2cccc(C)c2)c1. The van der Waals surface area contributed by atoms with E-state index in [1.807, 2.05) is 38.1 Å². The van der Waals surface area contributed by atoms with Crippen molar-refractivity contribution in [3.8, 4) is 11.5 Å². The van der Waals surface area contributed by atoms with E-state index in [0.717, 1.165) is 5.56 Å². The number of nitrogens with zero attached hydrogens (tertiary/aromatic N) is 1. The van der Waals surface area contributed by atoms with Gasteiger partial charge >= 0.3 is 0 Å². The summed E-state index contributed by atoms with van der Waals surface area (Å²) in [6.07, 6.45) is 0. The molecule has 4 rings (SSSR count). The summed E-state index contributed by atoms with van der Waals surface area (Å²) in [5.74, 6) is -0.807. The fourth-order valence-corrected chi connectivity index (χ4v) is 4.37. The Hall–Kier alpha value is -3.77. The molecule has 3 aromatic rings. The fourth-order valence-electron chi connectivity index (χ4n) is 4.11. The van der Waals surface area contributed by atoms with Gasteiger partial charge in [0.25, 0.3) is 11.7 Å². The zero-order chi connectivity index (χ0) is 24.4. The first-order valence-corrected chi connectivity index (χ1v) is 11.2. The number of hydrogen-bond acceptors (Lipinski definition) is 5. The normalized spacial score (nSPS) is 17.2. The van der Waals surface area contributed by atoms with E-state index in [2.05, 4.69) is 0 Å². The Labute approximate surface area is 203 Å². The maximum Gasteiger partial charge on any atom is 0.300 e. The van der Waals surface area contributed by atoms with Crippen LogP contribution in [0.4, 0.5) is 5.69 Å². The number of rotatable bonds is 6. The lowest BCUT2D eigenvalue weighted by molar-refractivity contribution is -0.132. The Kier molecular flexibility index (Phi) is 6.61. The second kappa shape index (κ2) is 9.61. The first-order valence-electron chi connectivity index (χ1n) is 10.8. The van der Waals surface area contributed by atoms with E-state index >= 15 is 0 Å². The number of ketones is 1. The largest absolute Gasteiger partial charge is 0.507 e. The van der Waals surface area contributed by atoms with Crippen molar-refractivity contribution in [3.05, 3.63) is 94.0 Å². The monoisotopic (exact) mass is 477 g/mol. The highest BCUT2D eigenvalue weighted by atomic mass is 35.5. The molecule has 1 atom stereocenters. The molecule has 0 aliphatic carbocycles. The van der Waals surface area contributed by atoms with E-state index < -0.39 is 17.7 Å². The maximum atomic E-state index is 13.3. The van der Waals surface area contributed by atoms with Crippen molar-refractivity contribution >= 4 is 34.7 Å². The highest BCUT2D eigenvalue weighted by Crippen LogP contribution is 2.43. The van der Waals surface area contributed by atoms with Gasteiger partial charge in [-0.3, -0.25) is 14.5 Å². The quantitative estimate of drug-likeness (QED) is 0.281. The van der Waals surface area contributed by atoms with E-state index in [1.165, 1.54) is 12.0 Å². The number of carbonyl (C=O) groups is 2. The summed E-state index contributed by atoms with van der Waals surface area (Å²) in [6.45, 7) is 4.23. The molecule has 7 heteroatoms. The number of aliphatic hydroxyl groups is 1. The molecule has 1 unspecified atom stereocenters. The van der Waals surface area contributed by atoms with Crippen molar-refractivity contribution in [2.45, 2.75) is 19.9 Å². The summed E-state index contributed by atoms with van der Waals surface area (Å²) in [5, 5.41) is 11.6. The number of halogens is 1. The molecule has 3 aromatic carbocycles. The zero-order valence-electron chi connectivity index (χ0n) is 19.0. The van der Waals surface area contributed by atoms with Crippen LogP contribution in [0.25, 0.3) is 5.76 Å². The molecule has 0 bridgehead atoms. The number of ether oxygens (including phenoxy) is 2. The van der Waals surface area contributed by atoms with Crippen LogP contribution in [0.3, 0.4) is 0 Å². The van der Waals surface area contributed by atoms with Crippen molar-refractivity contribution in [3.63, 3.8) is 0 Å². The highest BCUT2D eigenvalue weighted by Gasteiger charge is 2.47. The lowest BCUT2D eigenvalue weighted by Gasteiger charge is -2.26. The van der Waals surface area contributed by atoms with Gasteiger partial charge in [0.1, 0.15) is 17.3 Å². The molecule has 0 spiro atoms. The smallest absolute Gasteiger partial charge is 0.300 e. The van der Waals surface area contributed by atoms with Crippen LogP contribution in [0.2, 0.25) is 5.02 Å². The Morgan fingerprint density at radius 3 is 2.50 bits per heavy atom. The van der Waals surface area contributed by atoms with E-state index in [9.17, 15) is 14.7 Å². The minimum Gasteiger partial charge on any atom is -0.507 e. The predicted molar refractivity (Wildman–Crippen MR) is 132 cm³/mol. The van der Waals surface area contributed by atoms with Gasteiger partial charge < -0.3 is 14.6 Å². The zero-order valence-corrected chi connectivity index (χ0v) is 19.8. The summed E-state index contributed by atoms with van der Waals surface area (Å²) in [5.41, 5.74) is 2.44. The Balaban J connectivity index is 1.93. The molecule has 34 heavy (non-hydrogen) atoms. The molecule has 0 aromatic heterocycles. The molecule has 1 N–H and O–H groups in total. The average Bonchev–Trinajstić information content (AvgIpc) is 3.09. The lowest BCUT2D eigenvalue weighted by atomic mass is 9.94. The van der Waals surface area contributed by atoms with Gasteiger partial charge in [0.15, 0.2) is 0 Å². The molecule has 1 heterocycles. The van der Waals surface area contributed by atoms with Crippen LogP contribution in [0.1, 0.15) is 29.7 Å². The number of hydrogen-bond donors (Lipinski definition) is 1. The van der Waals surface area contributed by atoms with Crippen LogP contribution in [0.15, 0.2) is 72.3 Å². The second-order valence-corrected chi connectivity index (χ2v) is 8.27. The van der Waals surface area contributed by atoms with Crippen molar-refractivity contribution in [1.82, 2.24) is 0 Å². The van der Waals surface area contributed by atoms with Crippen LogP contribution >= 0.6 is 11.6 Å². The third kappa shape index (κ3) is 4.24. The lowest BCUT2D eigenvalue weighted by Crippen LogP contribution is -2.29. The molecule has 1 saturated heterocycles. The number of Topliss-reactive ketones (excluding diaryl/α,β-unsaturated/α-hetero) is 1. The van der Waals surface area contributed by atoms with Crippen LogP contribution < -0.4 is 14.4 Å². The molecule has 0 radical (unpaired) electrons. The van der Waals surface area contributed by atoms with Crippen LogP contribution in [0, 0.1) is 6.92 Å². The fraction of sp³-hybridized carbons (Fsp3) is 0.185. The first kappa shape index (κ1) is 23.4. The molecular weight excluding hydrogens is 454 g/mol. The van der Waals surface area contributed by atoms with E-state index in [-0.39, 0.29) is 11.3 Å². The van der Waals surface area contributed by atoms with Crippen LogP contribution in [-0.4, -0.2) is 30.5 Å². The number of anilines is 1. The van der Waals surface area contributed by atoms with E-state index in [0.29, 0.717) is 39.9 Å². The average molecular weight is 478 g/mol. The molecule has 1 amide bonds. The Morgan fingerprint density at radius 1 is 1.06 bits per heavy atom. The number of carbonyl (C=O) groups excluding carboxylic acids is 2. The standard InChI is InChI=1S/C27H24ClNO5/c1-4-34-20-10-6-9-18(14-20)25(30)23-24(17-8-5-7-16(2)13-17)29(27(32)26(23)31)19-11-12-22(33-3)21(28)15-19/h5-15,24,30H,4H2,1-3H3/b25-23+. The van der Waals surface area contributed by atoms with Gasteiger partial charge in [0.05, 0.1) is 30.4 Å². The maximum absolute atomic E-state index is 13.3. The van der Waals surface area contributed by atoms with Gasteiger partial charge in [-0.25, -0.2) is 0 Å². The third-order valence-corrected chi connectivity index (χ3v) is 5.93. The van der Waals surface area contributed by atoms with E-state index in [4.69, 9.17) is 21.1 Å².